The molecule has 0 aliphatic rings. The van der Waals surface area contributed by atoms with Gasteiger partial charge in [-0.15, -0.1) is 5.10 Å². The second-order valence-corrected chi connectivity index (χ2v) is 11.5. The molecule has 0 saturated heterocycles. The average Bonchev–Trinajstić information content (AvgIpc) is 3.40. The van der Waals surface area contributed by atoms with E-state index < -0.39 is 24.1 Å². The highest BCUT2D eigenvalue weighted by Gasteiger charge is 2.29. The summed E-state index contributed by atoms with van der Waals surface area (Å²) in [6.45, 7) is 7.97. The van der Waals surface area contributed by atoms with Gasteiger partial charge in [-0.1, -0.05) is 88.4 Å². The molecule has 0 aliphatic carbocycles. The van der Waals surface area contributed by atoms with Crippen LogP contribution in [0.15, 0.2) is 60.7 Å². The Labute approximate surface area is 248 Å². The lowest BCUT2D eigenvalue weighted by Crippen LogP contribution is -2.52. The van der Waals surface area contributed by atoms with E-state index in [9.17, 15) is 14.4 Å². The number of tetrazole rings is 1. The largest absolute Gasteiger partial charge is 0.445 e. The Morgan fingerprint density at radius 3 is 2.02 bits per heavy atom. The van der Waals surface area contributed by atoms with Crippen molar-refractivity contribution in [3.8, 4) is 0 Å². The first-order chi connectivity index (χ1) is 20.2. The monoisotopic (exact) mass is 576 g/mol. The molecule has 2 amide bonds. The summed E-state index contributed by atoms with van der Waals surface area (Å²) in [5, 5.41) is 17.5. The lowest BCUT2D eigenvalue weighted by atomic mass is 9.98. The van der Waals surface area contributed by atoms with Crippen molar-refractivity contribution in [1.29, 1.82) is 0 Å². The maximum Gasteiger partial charge on any atom is 0.408 e. The van der Waals surface area contributed by atoms with E-state index >= 15 is 0 Å². The second kappa shape index (κ2) is 17.0. The van der Waals surface area contributed by atoms with Crippen molar-refractivity contribution >= 4 is 17.8 Å². The number of nitrogens with one attached hydrogen (secondary N) is 2. The Bertz CT molecular complexity index is 1250. The molecule has 2 aromatic carbocycles. The molecule has 2 atom stereocenters. The Hall–Kier alpha value is -4.08. The number of Topliss-reactive ketones (excluding diaryl/α,β-unsaturated/α-hetero) is 1. The summed E-state index contributed by atoms with van der Waals surface area (Å²) in [7, 11) is 0. The molecule has 10 heteroatoms. The molecule has 0 spiro atoms. The lowest BCUT2D eigenvalue weighted by molar-refractivity contribution is -0.130. The fourth-order valence-electron chi connectivity index (χ4n) is 4.66. The maximum atomic E-state index is 13.4. The van der Waals surface area contributed by atoms with E-state index in [0.29, 0.717) is 25.1 Å². The minimum Gasteiger partial charge on any atom is -0.445 e. The minimum absolute atomic E-state index is 0.0416. The number of rotatable bonds is 17. The van der Waals surface area contributed by atoms with Gasteiger partial charge in [0.05, 0.1) is 6.04 Å². The van der Waals surface area contributed by atoms with Gasteiger partial charge in [0, 0.05) is 6.42 Å². The first-order valence-corrected chi connectivity index (χ1v) is 14.8. The third-order valence-electron chi connectivity index (χ3n) is 6.81. The highest BCUT2D eigenvalue weighted by Crippen LogP contribution is 2.12. The standard InChI is InChI=1S/C32H44N6O4/c1-23(2)19-27(29(39)21-38-30(35-36-37-38)18-12-11-15-25-13-7-5-8-14-25)33-31(40)28(20-24(3)4)34-32(41)42-22-26-16-9-6-10-17-26/h5-10,13-14,16-17,23-24,27-28H,11-12,15,18-22H2,1-4H3,(H,33,40)(H,34,41)/t27-,28-/m0/s1. The summed E-state index contributed by atoms with van der Waals surface area (Å²) in [5.41, 5.74) is 2.13. The summed E-state index contributed by atoms with van der Waals surface area (Å²) in [6, 6.07) is 18.0. The third-order valence-corrected chi connectivity index (χ3v) is 6.81. The van der Waals surface area contributed by atoms with Crippen LogP contribution in [0.4, 0.5) is 4.79 Å². The first kappa shape index (κ1) is 32.4. The number of carbonyl (C=O) groups is 3. The van der Waals surface area contributed by atoms with Crippen molar-refractivity contribution in [3.63, 3.8) is 0 Å². The first-order valence-electron chi connectivity index (χ1n) is 14.8. The molecule has 3 aromatic rings. The molecular weight excluding hydrogens is 532 g/mol. The molecule has 3 rings (SSSR count). The van der Waals surface area contributed by atoms with E-state index in [1.807, 2.05) is 76.2 Å². The molecule has 2 N–H and O–H groups in total. The van der Waals surface area contributed by atoms with Gasteiger partial charge in [0.1, 0.15) is 19.2 Å². The molecule has 0 aliphatic heterocycles. The molecule has 226 valence electrons. The van der Waals surface area contributed by atoms with Crippen LogP contribution in [0, 0.1) is 11.8 Å². The summed E-state index contributed by atoms with van der Waals surface area (Å²) < 4.78 is 6.86. The number of unbranched alkanes of at least 4 members (excludes halogenated alkanes) is 1. The van der Waals surface area contributed by atoms with E-state index in [-0.39, 0.29) is 30.8 Å². The van der Waals surface area contributed by atoms with Crippen LogP contribution in [0.5, 0.6) is 0 Å². The number of alkyl carbamates (subject to hydrolysis) is 1. The van der Waals surface area contributed by atoms with Gasteiger partial charge in [-0.25, -0.2) is 9.48 Å². The Morgan fingerprint density at radius 2 is 1.38 bits per heavy atom. The van der Waals surface area contributed by atoms with E-state index in [2.05, 4.69) is 38.3 Å². The normalized spacial score (nSPS) is 12.6. The molecule has 0 unspecified atom stereocenters. The van der Waals surface area contributed by atoms with Crippen molar-refractivity contribution in [2.75, 3.05) is 0 Å². The van der Waals surface area contributed by atoms with E-state index in [4.69, 9.17) is 4.74 Å². The van der Waals surface area contributed by atoms with Crippen molar-refractivity contribution in [3.05, 3.63) is 77.6 Å². The number of benzene rings is 2. The van der Waals surface area contributed by atoms with Crippen molar-refractivity contribution < 1.29 is 19.1 Å². The molecule has 0 radical (unpaired) electrons. The van der Waals surface area contributed by atoms with Crippen molar-refractivity contribution in [1.82, 2.24) is 30.8 Å². The number of ketones is 1. The number of aryl methyl sites for hydroxylation is 2. The molecule has 0 saturated carbocycles. The minimum atomic E-state index is -0.844. The summed E-state index contributed by atoms with van der Waals surface area (Å²) in [4.78, 5) is 39.3. The van der Waals surface area contributed by atoms with E-state index in [0.717, 1.165) is 24.8 Å². The Kier molecular flexibility index (Phi) is 13.1. The predicted octanol–water partition coefficient (Wildman–Crippen LogP) is 4.68. The molecule has 0 fully saturated rings. The Balaban J connectivity index is 1.57. The number of hydrogen-bond donors (Lipinski definition) is 2. The molecule has 0 bridgehead atoms. The highest BCUT2D eigenvalue weighted by molar-refractivity contribution is 5.92. The SMILES string of the molecule is CC(C)C[C@H](NC(=O)[C@H](CC(C)C)NC(=O)OCc1ccccc1)C(=O)Cn1nnnc1CCCCc1ccccc1. The Morgan fingerprint density at radius 1 is 0.786 bits per heavy atom. The van der Waals surface area contributed by atoms with Gasteiger partial charge >= 0.3 is 6.09 Å². The van der Waals surface area contributed by atoms with Crippen LogP contribution in [0.25, 0.3) is 0 Å². The van der Waals surface area contributed by atoms with Gasteiger partial charge in [0.25, 0.3) is 0 Å². The zero-order valence-corrected chi connectivity index (χ0v) is 25.2. The van der Waals surface area contributed by atoms with Gasteiger partial charge in [-0.3, -0.25) is 9.59 Å². The van der Waals surface area contributed by atoms with Gasteiger partial charge in [0.15, 0.2) is 11.6 Å². The number of ether oxygens (including phenoxy) is 1. The number of carbonyl (C=O) groups excluding carboxylic acids is 3. The van der Waals surface area contributed by atoms with Gasteiger partial charge < -0.3 is 15.4 Å². The second-order valence-electron chi connectivity index (χ2n) is 11.5. The predicted molar refractivity (Wildman–Crippen MR) is 160 cm³/mol. The van der Waals surface area contributed by atoms with Crippen LogP contribution in [0.3, 0.4) is 0 Å². The van der Waals surface area contributed by atoms with Crippen LogP contribution in [0.1, 0.15) is 70.3 Å². The number of amides is 2. The zero-order chi connectivity index (χ0) is 30.3. The van der Waals surface area contributed by atoms with Gasteiger partial charge in [-0.2, -0.15) is 0 Å². The van der Waals surface area contributed by atoms with E-state index in [1.165, 1.54) is 10.2 Å². The van der Waals surface area contributed by atoms with Crippen molar-refractivity contribution in [2.24, 2.45) is 11.8 Å². The smallest absolute Gasteiger partial charge is 0.408 e. The molecular formula is C32H44N6O4. The fraction of sp³-hybridized carbons (Fsp3) is 0.500. The number of aromatic nitrogens is 4. The van der Waals surface area contributed by atoms with Crippen LogP contribution in [-0.4, -0.2) is 50.1 Å². The van der Waals surface area contributed by atoms with Crippen LogP contribution < -0.4 is 10.6 Å². The summed E-state index contributed by atoms with van der Waals surface area (Å²) >= 11 is 0. The maximum absolute atomic E-state index is 13.4. The van der Waals surface area contributed by atoms with Crippen LogP contribution >= 0.6 is 0 Å². The molecule has 1 aromatic heterocycles. The van der Waals surface area contributed by atoms with Crippen LogP contribution in [-0.2, 0) is 40.3 Å². The molecule has 10 nitrogen and oxygen atoms in total. The molecule has 42 heavy (non-hydrogen) atoms. The average molecular weight is 577 g/mol. The zero-order valence-electron chi connectivity index (χ0n) is 25.2. The van der Waals surface area contributed by atoms with Crippen LogP contribution in [0.2, 0.25) is 0 Å². The fourth-order valence-corrected chi connectivity index (χ4v) is 4.66. The lowest BCUT2D eigenvalue weighted by Gasteiger charge is -2.25. The summed E-state index contributed by atoms with van der Waals surface area (Å²) in [5.74, 6) is 0.312. The van der Waals surface area contributed by atoms with Gasteiger partial charge in [-0.05, 0) is 65.5 Å². The van der Waals surface area contributed by atoms with E-state index in [1.54, 1.807) is 0 Å². The number of hydrogen-bond acceptors (Lipinski definition) is 7. The molecule has 1 heterocycles. The quantitative estimate of drug-likeness (QED) is 0.223. The van der Waals surface area contributed by atoms with Gasteiger partial charge in [0.2, 0.25) is 5.91 Å². The number of nitrogens with zero attached hydrogens (tertiary/aromatic N) is 4. The topological polar surface area (TPSA) is 128 Å². The third kappa shape index (κ3) is 11.4. The van der Waals surface area contributed by atoms with Crippen molar-refractivity contribution in [2.45, 2.75) is 91.5 Å². The highest BCUT2D eigenvalue weighted by atomic mass is 16.5. The summed E-state index contributed by atoms with van der Waals surface area (Å²) in [6.07, 6.45) is 3.65.